The number of nitrogens with one attached hydrogen (secondary N) is 2. The number of rotatable bonds is 5. The minimum absolute atomic E-state index is 0.145. The van der Waals surface area contributed by atoms with Crippen molar-refractivity contribution in [3.05, 3.63) is 45.8 Å². The smallest absolute Gasteiger partial charge is 0.319 e. The number of imide groups is 1. The van der Waals surface area contributed by atoms with E-state index in [9.17, 15) is 22.8 Å². The molecule has 10 nitrogen and oxygen atoms in total. The lowest BCUT2D eigenvalue weighted by Crippen LogP contribution is -2.36. The van der Waals surface area contributed by atoms with Crippen molar-refractivity contribution in [2.24, 2.45) is 5.73 Å². The van der Waals surface area contributed by atoms with E-state index in [0.717, 1.165) is 42.7 Å². The van der Waals surface area contributed by atoms with Gasteiger partial charge in [-0.25, -0.2) is 13.2 Å². The predicted molar refractivity (Wildman–Crippen MR) is 133 cm³/mol. The predicted octanol–water partition coefficient (Wildman–Crippen LogP) is 2.36. The third-order valence-electron chi connectivity index (χ3n) is 6.26. The minimum Gasteiger partial charge on any atom is -0.351 e. The first-order valence-corrected chi connectivity index (χ1v) is 13.8. The number of thiophene rings is 1. The van der Waals surface area contributed by atoms with Crippen molar-refractivity contribution in [1.82, 2.24) is 14.5 Å². The van der Waals surface area contributed by atoms with Crippen molar-refractivity contribution < 1.29 is 22.8 Å². The SMILES string of the molecule is CN1CCc2c(sc(NC(=O)c3ccc(S(=O)(=O)N4CCCCCC4)cc3)c2C(=O)NC(N)=O)C1. The summed E-state index contributed by atoms with van der Waals surface area (Å²) in [4.78, 5) is 40.1. The van der Waals surface area contributed by atoms with Crippen LogP contribution in [0, 0.1) is 0 Å². The maximum Gasteiger partial charge on any atom is 0.319 e. The van der Waals surface area contributed by atoms with Crippen LogP contribution in [0.5, 0.6) is 0 Å². The molecule has 3 heterocycles. The lowest BCUT2D eigenvalue weighted by Gasteiger charge is -2.22. The second-order valence-corrected chi connectivity index (χ2v) is 11.9. The highest BCUT2D eigenvalue weighted by Crippen LogP contribution is 2.37. The molecule has 1 aromatic carbocycles. The molecule has 0 saturated carbocycles. The summed E-state index contributed by atoms with van der Waals surface area (Å²) in [6, 6.07) is 4.82. The Kier molecular flexibility index (Phi) is 7.55. The lowest BCUT2D eigenvalue weighted by atomic mass is 10.0. The van der Waals surface area contributed by atoms with Crippen LogP contribution < -0.4 is 16.4 Å². The van der Waals surface area contributed by atoms with Crippen LogP contribution in [0.1, 0.15) is 56.8 Å². The van der Waals surface area contributed by atoms with Gasteiger partial charge in [-0.05, 0) is 56.1 Å². The Bertz CT molecular complexity index is 1230. The minimum atomic E-state index is -3.62. The van der Waals surface area contributed by atoms with Gasteiger partial charge in [0.1, 0.15) is 5.00 Å². The molecule has 0 aliphatic carbocycles. The summed E-state index contributed by atoms with van der Waals surface area (Å²) in [7, 11) is -1.66. The molecule has 2 aliphatic heterocycles. The van der Waals surface area contributed by atoms with E-state index >= 15 is 0 Å². The number of benzene rings is 1. The monoisotopic (exact) mass is 519 g/mol. The highest BCUT2D eigenvalue weighted by molar-refractivity contribution is 7.89. The second-order valence-electron chi connectivity index (χ2n) is 8.81. The number of anilines is 1. The molecule has 1 saturated heterocycles. The number of amides is 4. The van der Waals surface area contributed by atoms with Crippen molar-refractivity contribution in [3.63, 3.8) is 0 Å². The molecule has 12 heteroatoms. The Morgan fingerprint density at radius 2 is 1.63 bits per heavy atom. The lowest BCUT2D eigenvalue weighted by molar-refractivity contribution is 0.0966. The molecular formula is C23H29N5O5S2. The zero-order chi connectivity index (χ0) is 25.2. The molecule has 1 fully saturated rings. The van der Waals surface area contributed by atoms with E-state index < -0.39 is 27.9 Å². The summed E-state index contributed by atoms with van der Waals surface area (Å²) >= 11 is 1.28. The third kappa shape index (κ3) is 5.56. The number of hydrogen-bond acceptors (Lipinski definition) is 7. The van der Waals surface area contributed by atoms with Gasteiger partial charge in [0.2, 0.25) is 10.0 Å². The van der Waals surface area contributed by atoms with Crippen LogP contribution in [0.4, 0.5) is 9.80 Å². The van der Waals surface area contributed by atoms with E-state index in [4.69, 9.17) is 5.73 Å². The summed E-state index contributed by atoms with van der Waals surface area (Å²) < 4.78 is 27.5. The van der Waals surface area contributed by atoms with Gasteiger partial charge in [-0.15, -0.1) is 11.3 Å². The second kappa shape index (κ2) is 10.4. The van der Waals surface area contributed by atoms with E-state index in [0.29, 0.717) is 31.1 Å². The Morgan fingerprint density at radius 1 is 0.971 bits per heavy atom. The number of likely N-dealkylation sites (N-methyl/N-ethyl adjacent to an activating group) is 1. The molecule has 35 heavy (non-hydrogen) atoms. The van der Waals surface area contributed by atoms with Gasteiger partial charge in [0, 0.05) is 36.6 Å². The molecule has 0 spiro atoms. The van der Waals surface area contributed by atoms with Crippen molar-refractivity contribution in [2.75, 3.05) is 32.0 Å². The zero-order valence-corrected chi connectivity index (χ0v) is 21.1. The first kappa shape index (κ1) is 25.3. The van der Waals surface area contributed by atoms with Gasteiger partial charge in [0.05, 0.1) is 10.5 Å². The molecule has 1 aromatic heterocycles. The average Bonchev–Trinajstić information content (AvgIpc) is 2.97. The van der Waals surface area contributed by atoms with Crippen LogP contribution >= 0.6 is 11.3 Å². The quantitative estimate of drug-likeness (QED) is 0.554. The standard InChI is InChI=1S/C23H29N5O5S2/c1-27-13-10-17-18(14-27)34-22(19(17)21(30)26-23(24)31)25-20(29)15-6-8-16(9-7-15)35(32,33)28-11-4-2-3-5-12-28/h6-9H,2-5,10-14H2,1H3,(H,25,29)(H3,24,26,30,31). The summed E-state index contributed by atoms with van der Waals surface area (Å²) in [6.07, 6.45) is 4.32. The fraction of sp³-hybridized carbons (Fsp3) is 0.435. The molecule has 4 N–H and O–H groups in total. The van der Waals surface area contributed by atoms with Crippen molar-refractivity contribution in [2.45, 2.75) is 43.5 Å². The molecule has 0 radical (unpaired) electrons. The molecule has 4 rings (SSSR count). The van der Waals surface area contributed by atoms with Crippen LogP contribution in [-0.4, -0.2) is 62.2 Å². The van der Waals surface area contributed by atoms with E-state index in [1.54, 1.807) is 0 Å². The number of primary amides is 1. The number of nitrogens with zero attached hydrogens (tertiary/aromatic N) is 2. The van der Waals surface area contributed by atoms with Gasteiger partial charge in [-0.3, -0.25) is 14.9 Å². The first-order chi connectivity index (χ1) is 16.7. The van der Waals surface area contributed by atoms with Crippen LogP contribution in [0.3, 0.4) is 0 Å². The van der Waals surface area contributed by atoms with Gasteiger partial charge < -0.3 is 16.0 Å². The van der Waals surface area contributed by atoms with Crippen LogP contribution in [0.2, 0.25) is 0 Å². The maximum atomic E-state index is 13.0. The highest BCUT2D eigenvalue weighted by Gasteiger charge is 2.29. The Morgan fingerprint density at radius 3 is 2.26 bits per heavy atom. The molecule has 188 valence electrons. The van der Waals surface area contributed by atoms with E-state index in [1.807, 2.05) is 7.05 Å². The maximum absolute atomic E-state index is 13.0. The number of carbonyl (C=O) groups is 3. The van der Waals surface area contributed by atoms with Gasteiger partial charge in [-0.2, -0.15) is 4.31 Å². The van der Waals surface area contributed by atoms with E-state index in [2.05, 4.69) is 15.5 Å². The van der Waals surface area contributed by atoms with Gasteiger partial charge in [0.25, 0.3) is 11.8 Å². The first-order valence-electron chi connectivity index (χ1n) is 11.5. The van der Waals surface area contributed by atoms with E-state index in [-0.39, 0.29) is 16.0 Å². The number of sulfonamides is 1. The van der Waals surface area contributed by atoms with Crippen molar-refractivity contribution in [3.8, 4) is 0 Å². The molecule has 0 atom stereocenters. The number of nitrogens with two attached hydrogens (primary N) is 1. The topological polar surface area (TPSA) is 142 Å². The zero-order valence-electron chi connectivity index (χ0n) is 19.5. The molecule has 0 unspecified atom stereocenters. The fourth-order valence-electron chi connectivity index (χ4n) is 4.42. The van der Waals surface area contributed by atoms with Crippen LogP contribution in [0.25, 0.3) is 0 Å². The Balaban J connectivity index is 1.56. The molecule has 2 aliphatic rings. The largest absolute Gasteiger partial charge is 0.351 e. The fourth-order valence-corrected chi connectivity index (χ4v) is 7.26. The average molecular weight is 520 g/mol. The van der Waals surface area contributed by atoms with Crippen molar-refractivity contribution >= 4 is 44.2 Å². The number of hydrogen-bond donors (Lipinski definition) is 3. The van der Waals surface area contributed by atoms with Gasteiger partial charge in [0.15, 0.2) is 0 Å². The Hall–Kier alpha value is -2.80. The summed E-state index contributed by atoms with van der Waals surface area (Å²) in [5, 5.41) is 5.19. The summed E-state index contributed by atoms with van der Waals surface area (Å²) in [5.74, 6) is -1.14. The number of urea groups is 1. The van der Waals surface area contributed by atoms with E-state index in [1.165, 1.54) is 39.9 Å². The number of carbonyl (C=O) groups excluding carboxylic acids is 3. The summed E-state index contributed by atoms with van der Waals surface area (Å²) in [6.45, 7) is 2.36. The normalized spacial score (nSPS) is 17.3. The van der Waals surface area contributed by atoms with Crippen molar-refractivity contribution in [1.29, 1.82) is 0 Å². The molecule has 4 amide bonds. The summed E-state index contributed by atoms with van der Waals surface area (Å²) in [5.41, 5.74) is 6.42. The van der Waals surface area contributed by atoms with Gasteiger partial charge >= 0.3 is 6.03 Å². The van der Waals surface area contributed by atoms with Gasteiger partial charge in [-0.1, -0.05) is 12.8 Å². The van der Waals surface area contributed by atoms with Crippen LogP contribution in [0.15, 0.2) is 29.2 Å². The third-order valence-corrected chi connectivity index (χ3v) is 9.30. The van der Waals surface area contributed by atoms with Crippen LogP contribution in [-0.2, 0) is 23.0 Å². The highest BCUT2D eigenvalue weighted by atomic mass is 32.2. The molecule has 0 bridgehead atoms. The number of fused-ring (bicyclic) bond motifs is 1. The molecular weight excluding hydrogens is 490 g/mol. The molecule has 2 aromatic rings. The Labute approximate surface area is 208 Å².